The highest BCUT2D eigenvalue weighted by molar-refractivity contribution is 7.46. The molecule has 0 spiro atoms. The lowest BCUT2D eigenvalue weighted by molar-refractivity contribution is -0.383. The minimum Gasteiger partial charge on any atom is -0.563 e. The van der Waals surface area contributed by atoms with Crippen molar-refractivity contribution in [3.8, 4) is 0 Å². The average Bonchev–Trinajstić information content (AvgIpc) is 2.44. The van der Waals surface area contributed by atoms with Crippen LogP contribution in [0.25, 0.3) is 10.4 Å². The van der Waals surface area contributed by atoms with Crippen LogP contribution in [0.5, 0.6) is 0 Å². The molecule has 0 aliphatic carbocycles. The highest BCUT2D eigenvalue weighted by Crippen LogP contribution is 2.33. The fraction of sp³-hybridized carbons (Fsp3) is 0.250. The third-order valence-electron chi connectivity index (χ3n) is 2.09. The molecule has 0 amide bonds. The van der Waals surface area contributed by atoms with Crippen LogP contribution in [-0.2, 0) is 18.0 Å². The molecular weight excluding hydrogens is 340 g/mol. The van der Waals surface area contributed by atoms with Crippen LogP contribution in [0.2, 0.25) is 0 Å². The van der Waals surface area contributed by atoms with Crippen LogP contribution in [0.4, 0.5) is 17.1 Å². The van der Waals surface area contributed by atoms with E-state index >= 15 is 0 Å². The number of nitrogens with one attached hydrogen (secondary N) is 1. The van der Waals surface area contributed by atoms with Crippen LogP contribution in [0.15, 0.2) is 23.3 Å². The summed E-state index contributed by atoms with van der Waals surface area (Å²) < 4.78 is 29.4. The Morgan fingerprint density at radius 3 is 2.77 bits per heavy atom. The quantitative estimate of drug-likeness (QED) is 0.134. The van der Waals surface area contributed by atoms with Gasteiger partial charge in [-0.2, -0.15) is 0 Å². The maximum absolute atomic E-state index is 10.9. The molecule has 2 unspecified atom stereocenters. The maximum atomic E-state index is 10.9. The van der Waals surface area contributed by atoms with Crippen LogP contribution < -0.4 is 10.2 Å². The van der Waals surface area contributed by atoms with Gasteiger partial charge in [-0.1, -0.05) is 11.2 Å². The van der Waals surface area contributed by atoms with Gasteiger partial charge in [0.25, 0.3) is 5.69 Å². The normalized spacial score (nSPS) is 11.3. The minimum atomic E-state index is -3.28. The molecule has 1 aromatic rings. The molecular formula is C8H8N5O7P2+. The van der Waals surface area contributed by atoms with Crippen molar-refractivity contribution in [2.45, 2.75) is 0 Å². The summed E-state index contributed by atoms with van der Waals surface area (Å²) >= 11 is 0. The molecule has 0 saturated heterocycles. The van der Waals surface area contributed by atoms with E-state index in [1.807, 2.05) is 0 Å². The third-order valence-corrected chi connectivity index (χ3v) is 3.55. The van der Waals surface area contributed by atoms with E-state index in [4.69, 9.17) is 5.53 Å². The van der Waals surface area contributed by atoms with Crippen molar-refractivity contribution in [3.05, 3.63) is 38.8 Å². The molecule has 12 nitrogen and oxygen atoms in total. The van der Waals surface area contributed by atoms with Gasteiger partial charge < -0.3 is 10.2 Å². The Kier molecular flexibility index (Phi) is 7.27. The van der Waals surface area contributed by atoms with E-state index in [1.165, 1.54) is 12.1 Å². The number of hydrogen-bond acceptors (Lipinski definition) is 9. The van der Waals surface area contributed by atoms with Gasteiger partial charge in [0.2, 0.25) is 0 Å². The molecule has 0 aliphatic rings. The molecule has 0 saturated carbocycles. The summed E-state index contributed by atoms with van der Waals surface area (Å²) in [6.45, 7) is -0.213. The molecule has 0 aliphatic heterocycles. The second kappa shape index (κ2) is 8.96. The zero-order valence-electron chi connectivity index (χ0n) is 10.7. The van der Waals surface area contributed by atoms with Crippen molar-refractivity contribution in [2.75, 3.05) is 18.5 Å². The third kappa shape index (κ3) is 6.06. The van der Waals surface area contributed by atoms with E-state index in [1.54, 1.807) is 0 Å². The largest absolute Gasteiger partial charge is 0.744 e. The Morgan fingerprint density at radius 1 is 1.45 bits per heavy atom. The van der Waals surface area contributed by atoms with E-state index in [9.17, 15) is 24.1 Å². The number of nitro benzene ring substituents is 1. The van der Waals surface area contributed by atoms with Crippen LogP contribution in [0, 0.1) is 10.1 Å². The van der Waals surface area contributed by atoms with E-state index in [0.29, 0.717) is 0 Å². The summed E-state index contributed by atoms with van der Waals surface area (Å²) in [7, 11) is -6.09. The van der Waals surface area contributed by atoms with Crippen molar-refractivity contribution in [1.82, 2.24) is 0 Å². The highest BCUT2D eigenvalue weighted by Gasteiger charge is 2.30. The smallest absolute Gasteiger partial charge is 0.563 e. The first-order chi connectivity index (χ1) is 10.4. The number of anilines is 1. The number of rotatable bonds is 9. The molecule has 14 heteroatoms. The van der Waals surface area contributed by atoms with Gasteiger partial charge in [0.15, 0.2) is 0 Å². The Balaban J connectivity index is 2.62. The molecule has 1 N–H and O–H groups in total. The van der Waals surface area contributed by atoms with E-state index in [-0.39, 0.29) is 30.2 Å². The number of azide groups is 1. The van der Waals surface area contributed by atoms with E-state index < -0.39 is 21.4 Å². The number of nitro groups is 1. The van der Waals surface area contributed by atoms with E-state index in [2.05, 4.69) is 24.2 Å². The molecule has 2 atom stereocenters. The number of nitrogens with zero attached hydrogens (tertiary/aromatic N) is 4. The summed E-state index contributed by atoms with van der Waals surface area (Å²) in [6.07, 6.45) is 0. The van der Waals surface area contributed by atoms with Crippen molar-refractivity contribution in [2.24, 2.45) is 5.11 Å². The van der Waals surface area contributed by atoms with Crippen LogP contribution in [0.1, 0.15) is 0 Å². The fourth-order valence-electron chi connectivity index (χ4n) is 1.32. The van der Waals surface area contributed by atoms with Gasteiger partial charge in [-0.25, -0.2) is 0 Å². The first-order valence-electron chi connectivity index (χ1n) is 5.44. The van der Waals surface area contributed by atoms with E-state index in [0.717, 1.165) is 6.07 Å². The lowest BCUT2D eigenvalue weighted by Crippen LogP contribution is -2.08. The Hall–Kier alpha value is -2.19. The number of hydrogen-bond donors (Lipinski definition) is 1. The zero-order chi connectivity index (χ0) is 16.5. The molecule has 0 radical (unpaired) electrons. The second-order valence-corrected chi connectivity index (χ2v) is 5.24. The molecule has 0 aromatic heterocycles. The Labute approximate surface area is 124 Å². The first kappa shape index (κ1) is 17.9. The highest BCUT2D eigenvalue weighted by atomic mass is 31.2. The molecule has 22 heavy (non-hydrogen) atoms. The van der Waals surface area contributed by atoms with Crippen molar-refractivity contribution >= 4 is 33.6 Å². The number of benzene rings is 1. The van der Waals surface area contributed by atoms with Gasteiger partial charge in [-0.3, -0.25) is 10.1 Å². The van der Waals surface area contributed by atoms with Gasteiger partial charge in [0.1, 0.15) is 16.6 Å². The summed E-state index contributed by atoms with van der Waals surface area (Å²) in [5.41, 5.74) is 8.15. The van der Waals surface area contributed by atoms with Crippen molar-refractivity contribution < 1.29 is 27.8 Å². The van der Waals surface area contributed by atoms with Crippen molar-refractivity contribution in [1.29, 1.82) is 0 Å². The summed E-state index contributed by atoms with van der Waals surface area (Å²) in [5, 5.41) is 16.8. The Bertz CT molecular complexity index is 648. The predicted octanol–water partition coefficient (Wildman–Crippen LogP) is 2.66. The summed E-state index contributed by atoms with van der Waals surface area (Å²) in [6, 6.07) is 3.77. The second-order valence-electron chi connectivity index (χ2n) is 3.44. The maximum Gasteiger partial charge on any atom is 0.744 e. The molecule has 0 fully saturated rings. The fourth-order valence-corrected chi connectivity index (χ4v) is 2.18. The molecule has 1 rings (SSSR count). The zero-order valence-corrected chi connectivity index (χ0v) is 12.5. The van der Waals surface area contributed by atoms with Crippen LogP contribution in [0.3, 0.4) is 0 Å². The molecule has 0 heterocycles. The summed E-state index contributed by atoms with van der Waals surface area (Å²) in [5.74, 6) is 0. The monoisotopic (exact) mass is 348 g/mol. The first-order valence-corrected chi connectivity index (χ1v) is 7.63. The SMILES string of the molecule is [N-]=[N+]=Nc1ccc(NCCO[P+](=O)O[P+](=O)[O-])c([N+](=O)[O-])c1. The molecule has 1 aromatic carbocycles. The molecule has 0 bridgehead atoms. The van der Waals surface area contributed by atoms with Gasteiger partial charge in [-0.15, -0.1) is 4.52 Å². The van der Waals surface area contributed by atoms with Crippen molar-refractivity contribution in [3.63, 3.8) is 0 Å². The predicted molar refractivity (Wildman–Crippen MR) is 72.6 cm³/mol. The average molecular weight is 348 g/mol. The standard InChI is InChI=1S/C8H8N5O7P2/c9-12-11-6-1-2-7(8(5-6)13(14)15)10-3-4-19-22(18)20-21(16)17/h1-2,5,10H,3-4H2/q+1. The van der Waals surface area contributed by atoms with Gasteiger partial charge in [-0.05, 0) is 16.2 Å². The summed E-state index contributed by atoms with van der Waals surface area (Å²) in [4.78, 5) is 22.8. The minimum absolute atomic E-state index is 0.00176. The van der Waals surface area contributed by atoms with Crippen LogP contribution in [-0.4, -0.2) is 18.1 Å². The van der Waals surface area contributed by atoms with Gasteiger partial charge in [0.05, 0.1) is 4.92 Å². The van der Waals surface area contributed by atoms with Crippen LogP contribution >= 0.6 is 16.5 Å². The van der Waals surface area contributed by atoms with Gasteiger partial charge >= 0.3 is 16.5 Å². The lowest BCUT2D eigenvalue weighted by Gasteiger charge is -2.05. The lowest BCUT2D eigenvalue weighted by atomic mass is 10.2. The van der Waals surface area contributed by atoms with Gasteiger partial charge in [0, 0.05) is 27.8 Å². The topological polar surface area (TPSA) is 180 Å². The molecule has 116 valence electrons. The Morgan fingerprint density at radius 2 is 2.18 bits per heavy atom.